The number of hydrogen-bond donors (Lipinski definition) is 0. The van der Waals surface area contributed by atoms with Crippen molar-refractivity contribution in [1.29, 1.82) is 0 Å². The fraction of sp³-hybridized carbons (Fsp3) is 1.00. The second-order valence-corrected chi connectivity index (χ2v) is 6.85. The standard InChI is InChI=1S/C20H41O.Na/c1-3-5-7-9-11-12-14-16-18-20(19-21)17-15-13-10-8-6-4-2;/h20H,3-19H2,1-2H3;/q-1;+1. The van der Waals surface area contributed by atoms with Crippen molar-refractivity contribution < 1.29 is 34.7 Å². The number of rotatable bonds is 17. The van der Waals surface area contributed by atoms with Gasteiger partial charge in [-0.25, -0.2) is 0 Å². The molecule has 0 saturated carbocycles. The van der Waals surface area contributed by atoms with Crippen molar-refractivity contribution in [2.45, 2.75) is 117 Å². The van der Waals surface area contributed by atoms with Gasteiger partial charge in [0.15, 0.2) is 0 Å². The second kappa shape index (κ2) is 22.0. The van der Waals surface area contributed by atoms with Crippen LogP contribution in [-0.2, 0) is 0 Å². The quantitative estimate of drug-likeness (QED) is 0.298. The first-order valence-electron chi connectivity index (χ1n) is 9.93. The van der Waals surface area contributed by atoms with Crippen LogP contribution in [0.25, 0.3) is 0 Å². The van der Waals surface area contributed by atoms with Crippen LogP contribution in [-0.4, -0.2) is 6.61 Å². The minimum Gasteiger partial charge on any atom is -0.854 e. The summed E-state index contributed by atoms with van der Waals surface area (Å²) in [6, 6.07) is 0. The van der Waals surface area contributed by atoms with Crippen LogP contribution in [0.4, 0.5) is 0 Å². The third kappa shape index (κ3) is 19.0. The van der Waals surface area contributed by atoms with Gasteiger partial charge in [-0.2, -0.15) is 0 Å². The summed E-state index contributed by atoms with van der Waals surface area (Å²) in [5, 5.41) is 11.2. The van der Waals surface area contributed by atoms with E-state index in [-0.39, 0.29) is 36.2 Å². The molecule has 1 atom stereocenters. The van der Waals surface area contributed by atoms with Crippen molar-refractivity contribution in [3.8, 4) is 0 Å². The molecule has 0 aromatic heterocycles. The Morgan fingerprint density at radius 3 is 1.18 bits per heavy atom. The third-order valence-electron chi connectivity index (χ3n) is 4.67. The Kier molecular flexibility index (Phi) is 25.2. The zero-order valence-corrected chi connectivity index (χ0v) is 18.0. The average molecular weight is 321 g/mol. The van der Waals surface area contributed by atoms with Gasteiger partial charge < -0.3 is 5.11 Å². The fourth-order valence-corrected chi connectivity index (χ4v) is 3.09. The molecule has 0 radical (unpaired) electrons. The summed E-state index contributed by atoms with van der Waals surface area (Å²) in [6.45, 7) is 4.69. The van der Waals surface area contributed by atoms with Crippen molar-refractivity contribution >= 4 is 0 Å². The van der Waals surface area contributed by atoms with Crippen molar-refractivity contribution in [3.05, 3.63) is 0 Å². The summed E-state index contributed by atoms with van der Waals surface area (Å²) in [5.41, 5.74) is 0. The van der Waals surface area contributed by atoms with Gasteiger partial charge in [0.1, 0.15) is 0 Å². The van der Waals surface area contributed by atoms with E-state index < -0.39 is 0 Å². The van der Waals surface area contributed by atoms with E-state index in [4.69, 9.17) is 0 Å². The van der Waals surface area contributed by atoms with Gasteiger partial charge in [0.2, 0.25) is 0 Å². The van der Waals surface area contributed by atoms with Gasteiger partial charge >= 0.3 is 29.6 Å². The molecule has 0 N–H and O–H groups in total. The maximum atomic E-state index is 11.2. The van der Waals surface area contributed by atoms with Crippen LogP contribution in [0.3, 0.4) is 0 Å². The molecule has 0 aliphatic carbocycles. The van der Waals surface area contributed by atoms with E-state index >= 15 is 0 Å². The molecule has 22 heavy (non-hydrogen) atoms. The molecule has 128 valence electrons. The van der Waals surface area contributed by atoms with Gasteiger partial charge in [-0.05, 0) is 0 Å². The summed E-state index contributed by atoms with van der Waals surface area (Å²) in [4.78, 5) is 0. The first-order valence-corrected chi connectivity index (χ1v) is 9.93. The van der Waals surface area contributed by atoms with Crippen LogP contribution in [0, 0.1) is 5.92 Å². The summed E-state index contributed by atoms with van der Waals surface area (Å²) < 4.78 is 0. The van der Waals surface area contributed by atoms with E-state index in [0.29, 0.717) is 5.92 Å². The molecular weight excluding hydrogens is 279 g/mol. The second-order valence-electron chi connectivity index (χ2n) is 6.85. The van der Waals surface area contributed by atoms with Crippen molar-refractivity contribution in [1.82, 2.24) is 0 Å². The summed E-state index contributed by atoms with van der Waals surface area (Å²) in [5.74, 6) is 0.469. The molecule has 1 unspecified atom stereocenters. The maximum absolute atomic E-state index is 11.2. The number of unbranched alkanes of at least 4 members (excludes halogenated alkanes) is 12. The summed E-state index contributed by atoms with van der Waals surface area (Å²) >= 11 is 0. The minimum atomic E-state index is 0. The molecule has 0 saturated heterocycles. The van der Waals surface area contributed by atoms with Crippen LogP contribution >= 0.6 is 0 Å². The zero-order chi connectivity index (χ0) is 15.6. The Balaban J connectivity index is 0. The predicted octanol–water partition coefficient (Wildman–Crippen LogP) is 3.25. The van der Waals surface area contributed by atoms with Gasteiger partial charge in [-0.15, -0.1) is 6.61 Å². The molecule has 0 rings (SSSR count). The molecule has 0 fully saturated rings. The molecule has 0 aromatic carbocycles. The van der Waals surface area contributed by atoms with Crippen molar-refractivity contribution in [2.24, 2.45) is 5.92 Å². The Morgan fingerprint density at radius 2 is 0.864 bits per heavy atom. The van der Waals surface area contributed by atoms with Crippen molar-refractivity contribution in [3.63, 3.8) is 0 Å². The molecule has 0 bridgehead atoms. The molecule has 2 heteroatoms. The Morgan fingerprint density at radius 1 is 0.545 bits per heavy atom. The first kappa shape index (κ1) is 25.2. The normalized spacial score (nSPS) is 12.1. The topological polar surface area (TPSA) is 23.1 Å². The van der Waals surface area contributed by atoms with Gasteiger partial charge in [-0.1, -0.05) is 122 Å². The molecule has 0 amide bonds. The zero-order valence-electron chi connectivity index (χ0n) is 16.0. The van der Waals surface area contributed by atoms with E-state index in [1.165, 1.54) is 103 Å². The largest absolute Gasteiger partial charge is 1.00 e. The van der Waals surface area contributed by atoms with Gasteiger partial charge in [-0.3, -0.25) is 0 Å². The molecule has 0 aliphatic rings. The van der Waals surface area contributed by atoms with Gasteiger partial charge in [0, 0.05) is 0 Å². The third-order valence-corrected chi connectivity index (χ3v) is 4.67. The van der Waals surface area contributed by atoms with E-state index in [9.17, 15) is 5.11 Å². The number of hydrogen-bond acceptors (Lipinski definition) is 1. The van der Waals surface area contributed by atoms with Crippen LogP contribution in [0.5, 0.6) is 0 Å². The molecule has 0 heterocycles. The Hall–Kier alpha value is 0.960. The molecular formula is C20H41NaO. The first-order chi connectivity index (χ1) is 10.3. The van der Waals surface area contributed by atoms with Gasteiger partial charge in [0.25, 0.3) is 0 Å². The molecule has 0 spiro atoms. The smallest absolute Gasteiger partial charge is 0.854 e. The Labute approximate surface area is 163 Å². The molecule has 0 aliphatic heterocycles. The van der Waals surface area contributed by atoms with Crippen LogP contribution < -0.4 is 34.7 Å². The SMILES string of the molecule is CCCCCCCCCCC(C[O-])CCCCCCCC.[Na+]. The molecule has 0 aromatic rings. The maximum Gasteiger partial charge on any atom is 1.00 e. The minimum absolute atomic E-state index is 0. The fourth-order valence-electron chi connectivity index (χ4n) is 3.09. The summed E-state index contributed by atoms with van der Waals surface area (Å²) in [7, 11) is 0. The van der Waals surface area contributed by atoms with Gasteiger partial charge in [0.05, 0.1) is 0 Å². The van der Waals surface area contributed by atoms with Crippen LogP contribution in [0.15, 0.2) is 0 Å². The average Bonchev–Trinajstić information content (AvgIpc) is 2.51. The summed E-state index contributed by atoms with van der Waals surface area (Å²) in [6.07, 6.45) is 21.4. The molecule has 1 nitrogen and oxygen atoms in total. The van der Waals surface area contributed by atoms with E-state index in [1.54, 1.807) is 0 Å². The monoisotopic (exact) mass is 320 g/mol. The van der Waals surface area contributed by atoms with Crippen LogP contribution in [0.2, 0.25) is 0 Å². The van der Waals surface area contributed by atoms with Crippen LogP contribution in [0.1, 0.15) is 117 Å². The van der Waals surface area contributed by atoms with E-state index in [1.807, 2.05) is 0 Å². The van der Waals surface area contributed by atoms with E-state index in [2.05, 4.69) is 13.8 Å². The predicted molar refractivity (Wildman–Crippen MR) is 93.6 cm³/mol. The Bertz CT molecular complexity index is 185. The van der Waals surface area contributed by atoms with Crippen molar-refractivity contribution in [2.75, 3.05) is 6.61 Å². The van der Waals surface area contributed by atoms with E-state index in [0.717, 1.165) is 0 Å².